The summed E-state index contributed by atoms with van der Waals surface area (Å²) < 4.78 is 0. The predicted octanol–water partition coefficient (Wildman–Crippen LogP) is 4.31. The number of carboxylic acids is 1. The van der Waals surface area contributed by atoms with Gasteiger partial charge in [0.15, 0.2) is 0 Å². The molecule has 1 aromatic heterocycles. The summed E-state index contributed by atoms with van der Waals surface area (Å²) in [7, 11) is 0. The molecule has 1 amide bonds. The van der Waals surface area contributed by atoms with E-state index in [4.69, 9.17) is 5.11 Å². The topological polar surface area (TPSA) is 82.2 Å². The van der Waals surface area contributed by atoms with Crippen molar-refractivity contribution in [1.82, 2.24) is 4.98 Å². The molecule has 3 rings (SSSR count). The highest BCUT2D eigenvalue weighted by atomic mass is 16.4. The van der Waals surface area contributed by atoms with E-state index in [2.05, 4.69) is 35.4 Å². The van der Waals surface area contributed by atoms with Crippen molar-refractivity contribution in [3.63, 3.8) is 0 Å². The van der Waals surface area contributed by atoms with E-state index in [1.54, 1.807) is 6.92 Å². The summed E-state index contributed by atoms with van der Waals surface area (Å²) in [5.74, 6) is -1.27. The maximum atomic E-state index is 12.3. The molecule has 0 aliphatic carbocycles. The van der Waals surface area contributed by atoms with Gasteiger partial charge >= 0.3 is 5.97 Å². The number of aliphatic carboxylic acids is 1. The highest BCUT2D eigenvalue weighted by Crippen LogP contribution is 2.21. The fourth-order valence-electron chi connectivity index (χ4n) is 3.14. The lowest BCUT2D eigenvalue weighted by atomic mass is 10.0. The Morgan fingerprint density at radius 3 is 2.59 bits per heavy atom. The number of benzene rings is 2. The highest BCUT2D eigenvalue weighted by molar-refractivity contribution is 5.91. The second-order valence-corrected chi connectivity index (χ2v) is 7.05. The molecular formula is C22H24N2O3. The van der Waals surface area contributed by atoms with Crippen molar-refractivity contribution in [3.05, 3.63) is 65.4 Å². The Morgan fingerprint density at radius 2 is 1.89 bits per heavy atom. The van der Waals surface area contributed by atoms with Gasteiger partial charge in [-0.05, 0) is 55.2 Å². The zero-order chi connectivity index (χ0) is 19.4. The van der Waals surface area contributed by atoms with Crippen molar-refractivity contribution < 1.29 is 14.7 Å². The number of H-pyrrole nitrogens is 1. The molecule has 3 N–H and O–H groups in total. The molecule has 0 saturated carbocycles. The van der Waals surface area contributed by atoms with Crippen molar-refractivity contribution in [2.45, 2.75) is 33.1 Å². The Labute approximate surface area is 158 Å². The Morgan fingerprint density at radius 1 is 1.15 bits per heavy atom. The average molecular weight is 364 g/mol. The fraction of sp³-hybridized carbons (Fsp3) is 0.273. The van der Waals surface area contributed by atoms with Crippen molar-refractivity contribution in [3.8, 4) is 0 Å². The van der Waals surface area contributed by atoms with Gasteiger partial charge < -0.3 is 15.4 Å². The summed E-state index contributed by atoms with van der Waals surface area (Å²) in [5.41, 5.74) is 5.09. The number of aromatic nitrogens is 1. The lowest BCUT2D eigenvalue weighted by molar-refractivity contribution is -0.141. The summed E-state index contributed by atoms with van der Waals surface area (Å²) in [5, 5.41) is 13.0. The zero-order valence-corrected chi connectivity index (χ0v) is 15.6. The van der Waals surface area contributed by atoms with Crippen LogP contribution in [0.3, 0.4) is 0 Å². The minimum absolute atomic E-state index is 0.0383. The zero-order valence-electron chi connectivity index (χ0n) is 15.6. The van der Waals surface area contributed by atoms with Gasteiger partial charge in [-0.25, -0.2) is 0 Å². The number of aryl methyl sites for hydroxylation is 2. The Bertz CT molecular complexity index is 957. The van der Waals surface area contributed by atoms with E-state index in [-0.39, 0.29) is 5.91 Å². The first kappa shape index (κ1) is 18.7. The normalized spacial score (nSPS) is 12.1. The quantitative estimate of drug-likeness (QED) is 0.584. The van der Waals surface area contributed by atoms with Crippen molar-refractivity contribution >= 4 is 28.5 Å². The van der Waals surface area contributed by atoms with Crippen LogP contribution in [0.1, 0.15) is 30.0 Å². The summed E-state index contributed by atoms with van der Waals surface area (Å²) >= 11 is 0. The van der Waals surface area contributed by atoms with Crippen molar-refractivity contribution in [2.24, 2.45) is 5.92 Å². The first-order chi connectivity index (χ1) is 12.9. The number of anilines is 1. The van der Waals surface area contributed by atoms with E-state index in [1.807, 2.05) is 30.5 Å². The predicted molar refractivity (Wildman–Crippen MR) is 107 cm³/mol. The van der Waals surface area contributed by atoms with Gasteiger partial charge in [-0.1, -0.05) is 30.7 Å². The molecule has 2 aromatic carbocycles. The number of hydrogen-bond acceptors (Lipinski definition) is 2. The fourth-order valence-corrected chi connectivity index (χ4v) is 3.14. The van der Waals surface area contributed by atoms with E-state index < -0.39 is 11.9 Å². The van der Waals surface area contributed by atoms with Gasteiger partial charge in [0.2, 0.25) is 5.91 Å². The third-order valence-electron chi connectivity index (χ3n) is 4.75. The van der Waals surface area contributed by atoms with Crippen LogP contribution in [0.15, 0.2) is 48.7 Å². The van der Waals surface area contributed by atoms with Crippen molar-refractivity contribution in [1.29, 1.82) is 0 Å². The van der Waals surface area contributed by atoms with Crippen LogP contribution >= 0.6 is 0 Å². The summed E-state index contributed by atoms with van der Waals surface area (Å²) in [4.78, 5) is 26.4. The number of hydrogen-bond donors (Lipinski definition) is 3. The third-order valence-corrected chi connectivity index (χ3v) is 4.75. The molecule has 3 aromatic rings. The molecule has 0 fully saturated rings. The molecule has 0 bridgehead atoms. The van der Waals surface area contributed by atoms with Gasteiger partial charge in [0.05, 0.1) is 5.92 Å². The number of amides is 1. The Kier molecular flexibility index (Phi) is 5.60. The van der Waals surface area contributed by atoms with Crippen LogP contribution < -0.4 is 5.32 Å². The number of rotatable bonds is 7. The maximum Gasteiger partial charge on any atom is 0.306 e. The molecule has 0 spiro atoms. The van der Waals surface area contributed by atoms with E-state index >= 15 is 0 Å². The van der Waals surface area contributed by atoms with Gasteiger partial charge in [-0.3, -0.25) is 9.59 Å². The summed E-state index contributed by atoms with van der Waals surface area (Å²) in [6.45, 7) is 3.74. The van der Waals surface area contributed by atoms with Gasteiger partial charge in [0, 0.05) is 29.2 Å². The molecule has 0 radical (unpaired) electrons. The largest absolute Gasteiger partial charge is 0.481 e. The molecule has 0 aliphatic rings. The molecule has 1 atom stereocenters. The smallest absolute Gasteiger partial charge is 0.306 e. The molecule has 5 nitrogen and oxygen atoms in total. The maximum absolute atomic E-state index is 12.3. The average Bonchev–Trinajstić information content (AvgIpc) is 3.03. The molecular weight excluding hydrogens is 340 g/mol. The number of aromatic amines is 1. The van der Waals surface area contributed by atoms with E-state index in [1.165, 1.54) is 10.9 Å². The second-order valence-electron chi connectivity index (χ2n) is 7.05. The van der Waals surface area contributed by atoms with Crippen molar-refractivity contribution in [2.75, 3.05) is 5.32 Å². The van der Waals surface area contributed by atoms with Crippen LogP contribution in [-0.4, -0.2) is 22.0 Å². The van der Waals surface area contributed by atoms with Crippen LogP contribution in [0, 0.1) is 12.8 Å². The number of carbonyl (C=O) groups is 2. The van der Waals surface area contributed by atoms with Crippen LogP contribution in [0.25, 0.3) is 10.9 Å². The monoisotopic (exact) mass is 364 g/mol. The van der Waals surface area contributed by atoms with Gasteiger partial charge in [0.25, 0.3) is 0 Å². The molecule has 1 heterocycles. The summed E-state index contributed by atoms with van der Waals surface area (Å²) in [6, 6.07) is 13.6. The molecule has 5 heteroatoms. The van der Waals surface area contributed by atoms with E-state index in [0.717, 1.165) is 22.3 Å². The molecule has 140 valence electrons. The Balaban J connectivity index is 1.56. The van der Waals surface area contributed by atoms with Gasteiger partial charge in [0.1, 0.15) is 0 Å². The molecule has 27 heavy (non-hydrogen) atoms. The van der Waals surface area contributed by atoms with E-state index in [9.17, 15) is 9.59 Å². The first-order valence-electron chi connectivity index (χ1n) is 9.10. The number of carboxylic acid groups (broad SMARTS) is 1. The summed E-state index contributed by atoms with van der Waals surface area (Å²) in [6.07, 6.45) is 3.52. The highest BCUT2D eigenvalue weighted by Gasteiger charge is 2.12. The lowest BCUT2D eigenvalue weighted by Gasteiger charge is -2.08. The van der Waals surface area contributed by atoms with Crippen LogP contribution in [0.4, 0.5) is 5.69 Å². The van der Waals surface area contributed by atoms with Crippen LogP contribution in [0.2, 0.25) is 0 Å². The number of nitrogens with one attached hydrogen (secondary N) is 2. The first-order valence-corrected chi connectivity index (χ1v) is 9.10. The van der Waals surface area contributed by atoms with E-state index in [0.29, 0.717) is 19.3 Å². The lowest BCUT2D eigenvalue weighted by Crippen LogP contribution is -2.13. The van der Waals surface area contributed by atoms with Gasteiger partial charge in [-0.2, -0.15) is 0 Å². The van der Waals surface area contributed by atoms with Gasteiger partial charge in [-0.15, -0.1) is 0 Å². The third kappa shape index (κ3) is 4.76. The molecule has 0 aliphatic heterocycles. The Hall–Kier alpha value is -3.08. The molecule has 1 unspecified atom stereocenters. The molecule has 0 saturated heterocycles. The standard InChI is InChI=1S/C22H24N2O3/c1-14-3-9-20-19(11-14)17(13-23-20)6-10-21(25)24-18-7-4-16(5-8-18)12-15(2)22(26)27/h3-5,7-9,11,13,15,23H,6,10,12H2,1-2H3,(H,24,25)(H,26,27). The SMILES string of the molecule is Cc1ccc2[nH]cc(CCC(=O)Nc3ccc(CC(C)C(=O)O)cc3)c2c1. The second kappa shape index (κ2) is 8.08. The van der Waals surface area contributed by atoms with Crippen LogP contribution in [0.5, 0.6) is 0 Å². The minimum Gasteiger partial charge on any atom is -0.481 e. The minimum atomic E-state index is -0.806. The number of carbonyl (C=O) groups excluding carboxylic acids is 1. The van der Waals surface area contributed by atoms with Crippen LogP contribution in [-0.2, 0) is 22.4 Å². The number of fused-ring (bicyclic) bond motifs is 1.